The van der Waals surface area contributed by atoms with E-state index < -0.39 is 59.7 Å². The van der Waals surface area contributed by atoms with Gasteiger partial charge in [0.15, 0.2) is 17.8 Å². The predicted octanol–water partition coefficient (Wildman–Crippen LogP) is 1.55. The molecule has 0 spiro atoms. The number of carbonyl (C=O) groups is 2. The largest absolute Gasteiger partial charge is 0.461 e. The minimum atomic E-state index is -0.956. The second kappa shape index (κ2) is 10.1. The second-order valence-electron chi connectivity index (χ2n) is 10.2. The average Bonchev–Trinajstić information content (AvgIpc) is 3.21. The molecule has 0 bridgehead atoms. The van der Waals surface area contributed by atoms with Crippen LogP contribution in [0.4, 0.5) is 10.6 Å². The molecule has 0 saturated carbocycles. The Morgan fingerprint density at radius 1 is 1.26 bits per heavy atom. The van der Waals surface area contributed by atoms with Crippen LogP contribution in [0.1, 0.15) is 54.7 Å². The van der Waals surface area contributed by atoms with Crippen molar-refractivity contribution < 1.29 is 38.5 Å². The summed E-state index contributed by atoms with van der Waals surface area (Å²) in [6.45, 7) is 12.0. The summed E-state index contributed by atoms with van der Waals surface area (Å²) in [5.74, 6) is -1.91. The number of nitrogens with zero attached hydrogens (tertiary/aromatic N) is 2. The monoisotopic (exact) mass is 498 g/mol. The van der Waals surface area contributed by atoms with Crippen molar-refractivity contribution in [3.05, 3.63) is 22.7 Å². The molecule has 0 radical (unpaired) electrons. The highest BCUT2D eigenvalue weighted by molar-refractivity contribution is 5.81. The maximum absolute atomic E-state index is 12.8. The van der Waals surface area contributed by atoms with E-state index in [1.807, 2.05) is 5.48 Å². The van der Waals surface area contributed by atoms with E-state index in [-0.39, 0.29) is 18.3 Å². The zero-order valence-electron chi connectivity index (χ0n) is 20.9. The Labute approximate surface area is 203 Å². The molecule has 13 nitrogen and oxygen atoms in total. The number of aromatic nitrogens is 2. The number of hydrogen-bond acceptors (Lipinski definition) is 11. The first-order chi connectivity index (χ1) is 16.2. The Balaban J connectivity index is 1.71. The van der Waals surface area contributed by atoms with Crippen LogP contribution in [0.5, 0.6) is 0 Å². The summed E-state index contributed by atoms with van der Waals surface area (Å²) in [6, 6.07) is 0.448. The normalized spacial score (nSPS) is 26.2. The molecule has 0 aromatic carbocycles. The van der Waals surface area contributed by atoms with E-state index in [2.05, 4.69) is 10.3 Å². The lowest BCUT2D eigenvalue weighted by molar-refractivity contribution is -0.203. The van der Waals surface area contributed by atoms with Gasteiger partial charge in [0.25, 0.3) is 0 Å². The lowest BCUT2D eigenvalue weighted by Crippen LogP contribution is -2.48. The fourth-order valence-corrected chi connectivity index (χ4v) is 3.87. The van der Waals surface area contributed by atoms with Gasteiger partial charge in [-0.15, -0.1) is 0 Å². The summed E-state index contributed by atoms with van der Waals surface area (Å²) in [7, 11) is 0. The zero-order valence-corrected chi connectivity index (χ0v) is 20.9. The lowest BCUT2D eigenvalue weighted by Gasteiger charge is -2.26. The van der Waals surface area contributed by atoms with Crippen molar-refractivity contribution in [1.82, 2.24) is 14.9 Å². The molecule has 13 heteroatoms. The number of carbonyl (C=O) groups excluding carboxylic acids is 2. The van der Waals surface area contributed by atoms with Crippen LogP contribution in [0.3, 0.4) is 0 Å². The van der Waals surface area contributed by atoms with E-state index in [0.717, 1.165) is 0 Å². The van der Waals surface area contributed by atoms with Gasteiger partial charge in [0.05, 0.1) is 0 Å². The van der Waals surface area contributed by atoms with Crippen molar-refractivity contribution in [3.63, 3.8) is 0 Å². The van der Waals surface area contributed by atoms with E-state index in [1.165, 1.54) is 16.8 Å². The van der Waals surface area contributed by atoms with E-state index in [4.69, 9.17) is 28.9 Å². The van der Waals surface area contributed by atoms with Crippen LogP contribution >= 0.6 is 0 Å². The maximum atomic E-state index is 12.8. The first-order valence-corrected chi connectivity index (χ1v) is 11.4. The molecule has 3 rings (SSSR count). The third-order valence-electron chi connectivity index (χ3n) is 5.33. The number of alkyl carbamates (subject to hydrolysis) is 1. The van der Waals surface area contributed by atoms with E-state index in [1.54, 1.807) is 48.5 Å². The molecule has 2 aliphatic rings. The van der Waals surface area contributed by atoms with Crippen LogP contribution in [0.15, 0.2) is 17.1 Å². The van der Waals surface area contributed by atoms with Crippen LogP contribution in [0, 0.1) is 5.92 Å². The minimum Gasteiger partial charge on any atom is -0.461 e. The molecule has 2 fully saturated rings. The molecule has 1 amide bonds. The van der Waals surface area contributed by atoms with Gasteiger partial charge in [-0.3, -0.25) is 15.3 Å². The van der Waals surface area contributed by atoms with Gasteiger partial charge in [0.2, 0.25) is 0 Å². The average molecular weight is 499 g/mol. The molecule has 3 heterocycles. The van der Waals surface area contributed by atoms with E-state index in [0.29, 0.717) is 0 Å². The Morgan fingerprint density at radius 2 is 1.91 bits per heavy atom. The third-order valence-corrected chi connectivity index (χ3v) is 5.33. The summed E-state index contributed by atoms with van der Waals surface area (Å²) in [6.07, 6.45) is -2.30. The molecule has 1 aromatic heterocycles. The molecule has 2 saturated heterocycles. The Morgan fingerprint density at radius 3 is 2.49 bits per heavy atom. The molecule has 5 atom stereocenters. The highest BCUT2D eigenvalue weighted by Crippen LogP contribution is 2.42. The van der Waals surface area contributed by atoms with Gasteiger partial charge in [0, 0.05) is 6.20 Å². The molecular weight excluding hydrogens is 464 g/mol. The SMILES string of the molecule is CC(C)[C@H](NC(=O)OC(C)(C)C)C(=O)OC[C@H]1O[C@@H](n2ccc(NO)nc2=O)[C@@H]2OC(C)(C)O[C@@H]21. The Hall–Kier alpha value is -2.74. The second-order valence-corrected chi connectivity index (χ2v) is 10.2. The molecule has 35 heavy (non-hydrogen) atoms. The number of anilines is 1. The Kier molecular flexibility index (Phi) is 7.74. The summed E-state index contributed by atoms with van der Waals surface area (Å²) >= 11 is 0. The maximum Gasteiger partial charge on any atom is 0.408 e. The smallest absolute Gasteiger partial charge is 0.408 e. The fraction of sp³-hybridized carbons (Fsp3) is 0.727. The number of fused-ring (bicyclic) bond motifs is 1. The lowest BCUT2D eigenvalue weighted by atomic mass is 10.1. The summed E-state index contributed by atoms with van der Waals surface area (Å²) in [5, 5.41) is 11.5. The van der Waals surface area contributed by atoms with Gasteiger partial charge in [-0.2, -0.15) is 4.98 Å². The van der Waals surface area contributed by atoms with Crippen LogP contribution in [0.2, 0.25) is 0 Å². The molecule has 1 aromatic rings. The number of amides is 1. The molecule has 2 aliphatic heterocycles. The van der Waals surface area contributed by atoms with Crippen LogP contribution in [-0.4, -0.2) is 69.2 Å². The van der Waals surface area contributed by atoms with Crippen molar-refractivity contribution in [2.75, 3.05) is 12.1 Å². The van der Waals surface area contributed by atoms with Crippen LogP contribution < -0.4 is 16.5 Å². The van der Waals surface area contributed by atoms with Crippen molar-refractivity contribution >= 4 is 17.9 Å². The first kappa shape index (κ1) is 26.9. The number of rotatable bonds is 7. The third kappa shape index (κ3) is 6.48. The first-order valence-electron chi connectivity index (χ1n) is 11.4. The molecule has 0 unspecified atom stereocenters. The molecular formula is C22H34N4O9. The van der Waals surface area contributed by atoms with Gasteiger partial charge in [-0.05, 0) is 46.6 Å². The van der Waals surface area contributed by atoms with Crippen molar-refractivity contribution in [1.29, 1.82) is 0 Å². The number of nitrogens with one attached hydrogen (secondary N) is 2. The summed E-state index contributed by atoms with van der Waals surface area (Å²) < 4.78 is 29.9. The van der Waals surface area contributed by atoms with Gasteiger partial charge < -0.3 is 29.0 Å². The highest BCUT2D eigenvalue weighted by atomic mass is 16.8. The summed E-state index contributed by atoms with van der Waals surface area (Å²) in [4.78, 5) is 41.2. The van der Waals surface area contributed by atoms with E-state index in [9.17, 15) is 14.4 Å². The number of esters is 1. The summed E-state index contributed by atoms with van der Waals surface area (Å²) in [5.41, 5.74) is 0.414. The van der Waals surface area contributed by atoms with Gasteiger partial charge in [-0.25, -0.2) is 14.4 Å². The topological polar surface area (TPSA) is 159 Å². The van der Waals surface area contributed by atoms with Crippen molar-refractivity contribution in [2.24, 2.45) is 5.92 Å². The molecule has 0 aliphatic carbocycles. The van der Waals surface area contributed by atoms with Crippen LogP contribution in [0.25, 0.3) is 0 Å². The van der Waals surface area contributed by atoms with Crippen LogP contribution in [-0.2, 0) is 28.5 Å². The van der Waals surface area contributed by atoms with Crippen molar-refractivity contribution in [3.8, 4) is 0 Å². The van der Waals surface area contributed by atoms with Crippen molar-refractivity contribution in [2.45, 2.75) is 90.4 Å². The molecule has 3 N–H and O–H groups in total. The standard InChI is InChI=1S/C22H34N4O9/c1-11(2)14(24-20(29)35-21(3,4)5)18(27)31-10-12-15-16(34-22(6,7)33-15)17(32-12)26-9-8-13(25-30)23-19(26)28/h8-9,11-12,14-17,30H,10H2,1-7H3,(H,24,29)(H,23,25,28)/t12-,14+,15-,16-,17-/m1/s1. The fourth-order valence-electron chi connectivity index (χ4n) is 3.87. The highest BCUT2D eigenvalue weighted by Gasteiger charge is 2.56. The number of ether oxygens (including phenoxy) is 5. The van der Waals surface area contributed by atoms with Gasteiger partial charge in [-0.1, -0.05) is 13.8 Å². The number of hydrogen-bond donors (Lipinski definition) is 3. The van der Waals surface area contributed by atoms with Gasteiger partial charge >= 0.3 is 17.8 Å². The predicted molar refractivity (Wildman–Crippen MR) is 121 cm³/mol. The zero-order chi connectivity index (χ0) is 26.1. The molecule has 196 valence electrons. The Bertz CT molecular complexity index is 988. The minimum absolute atomic E-state index is 0.0209. The quantitative estimate of drug-likeness (QED) is 0.370. The van der Waals surface area contributed by atoms with E-state index >= 15 is 0 Å². The van der Waals surface area contributed by atoms with Gasteiger partial charge in [0.1, 0.15) is 36.6 Å².